The van der Waals surface area contributed by atoms with E-state index in [1.807, 2.05) is 72.8 Å². The van der Waals surface area contributed by atoms with Crippen LogP contribution in [0.3, 0.4) is 0 Å². The average Bonchev–Trinajstić information content (AvgIpc) is 3.47. The number of esters is 1. The predicted octanol–water partition coefficient (Wildman–Crippen LogP) is 5.67. The van der Waals surface area contributed by atoms with E-state index in [1.54, 1.807) is 11.0 Å². The van der Waals surface area contributed by atoms with Gasteiger partial charge in [-0.2, -0.15) is 0 Å². The van der Waals surface area contributed by atoms with E-state index in [2.05, 4.69) is 10.6 Å². The molecular weight excluding hydrogens is 522 g/mol. The maximum Gasteiger partial charge on any atom is 0.410 e. The summed E-state index contributed by atoms with van der Waals surface area (Å²) >= 11 is 0. The molecule has 0 aliphatic carbocycles. The quantitative estimate of drug-likeness (QED) is 0.198. The number of amides is 2. The number of hydrogen-bond acceptors (Lipinski definition) is 7. The van der Waals surface area contributed by atoms with Crippen LogP contribution in [0.1, 0.15) is 52.4 Å². The van der Waals surface area contributed by atoms with Gasteiger partial charge in [0.15, 0.2) is 0 Å². The van der Waals surface area contributed by atoms with Gasteiger partial charge in [0.1, 0.15) is 13.2 Å². The smallest absolute Gasteiger partial charge is 0.410 e. The summed E-state index contributed by atoms with van der Waals surface area (Å²) in [5, 5.41) is 6.46. The van der Waals surface area contributed by atoms with Gasteiger partial charge in [0, 0.05) is 30.7 Å². The van der Waals surface area contributed by atoms with Gasteiger partial charge in [0.25, 0.3) is 0 Å². The average molecular weight is 558 g/mol. The molecule has 0 bridgehead atoms. The second kappa shape index (κ2) is 13.2. The molecule has 2 N–H and O–H groups in total. The molecule has 2 aliphatic heterocycles. The number of methoxy groups -OCH3 is 1. The lowest BCUT2D eigenvalue weighted by Gasteiger charge is -2.39. The Balaban J connectivity index is 1.23. The molecule has 3 atom stereocenters. The van der Waals surface area contributed by atoms with E-state index in [1.165, 1.54) is 7.11 Å². The van der Waals surface area contributed by atoms with E-state index in [0.29, 0.717) is 18.7 Å². The number of likely N-dealkylation sites (tertiary alicyclic amines) is 1. The van der Waals surface area contributed by atoms with E-state index in [9.17, 15) is 14.4 Å². The topological polar surface area (TPSA) is 106 Å². The molecule has 2 heterocycles. The molecule has 0 saturated carbocycles. The standard InChI is InChI=1S/C32H35N3O6/c1-39-30(36)24-14-15-28-26(19-24)29-25(16-18-35(29)32(38)41-21-23-11-6-3-7-12-23)27(34-28)13-8-17-33-31(37)40-20-22-9-4-2-5-10-22/h2-7,9-12,14-15,19,25,27,29,34H,8,13,16-18,20-21H2,1H3,(H,33,37)/t25-,27-,29?/m0/s1. The first-order valence-corrected chi connectivity index (χ1v) is 13.9. The highest BCUT2D eigenvalue weighted by atomic mass is 16.6. The summed E-state index contributed by atoms with van der Waals surface area (Å²) in [6.07, 6.45) is 1.48. The molecule has 214 valence electrons. The highest BCUT2D eigenvalue weighted by Crippen LogP contribution is 2.47. The van der Waals surface area contributed by atoms with Gasteiger partial charge in [-0.25, -0.2) is 14.4 Å². The Morgan fingerprint density at radius 3 is 2.29 bits per heavy atom. The van der Waals surface area contributed by atoms with Gasteiger partial charge in [-0.05, 0) is 54.2 Å². The predicted molar refractivity (Wildman–Crippen MR) is 153 cm³/mol. The minimum Gasteiger partial charge on any atom is -0.465 e. The summed E-state index contributed by atoms with van der Waals surface area (Å²) in [4.78, 5) is 39.5. The lowest BCUT2D eigenvalue weighted by atomic mass is 9.80. The van der Waals surface area contributed by atoms with E-state index >= 15 is 0 Å². The van der Waals surface area contributed by atoms with Crippen LogP contribution in [0, 0.1) is 5.92 Å². The number of fused-ring (bicyclic) bond motifs is 3. The third-order valence-electron chi connectivity index (χ3n) is 7.71. The number of alkyl carbamates (subject to hydrolysis) is 1. The third kappa shape index (κ3) is 6.80. The highest BCUT2D eigenvalue weighted by Gasteiger charge is 2.46. The Kier molecular flexibility index (Phi) is 9.03. The number of nitrogens with zero attached hydrogens (tertiary/aromatic N) is 1. The number of carbonyl (C=O) groups excluding carboxylic acids is 3. The Morgan fingerprint density at radius 1 is 0.927 bits per heavy atom. The van der Waals surface area contributed by atoms with Gasteiger partial charge in [0.2, 0.25) is 0 Å². The number of benzene rings is 3. The van der Waals surface area contributed by atoms with Crippen LogP contribution in [-0.2, 0) is 27.4 Å². The Labute approximate surface area is 239 Å². The van der Waals surface area contributed by atoms with Crippen LogP contribution in [0.5, 0.6) is 0 Å². The monoisotopic (exact) mass is 557 g/mol. The number of rotatable bonds is 9. The van der Waals surface area contributed by atoms with Crippen LogP contribution in [0.2, 0.25) is 0 Å². The Morgan fingerprint density at radius 2 is 1.61 bits per heavy atom. The Hall–Kier alpha value is -4.53. The number of carbonyl (C=O) groups is 3. The van der Waals surface area contributed by atoms with Gasteiger partial charge < -0.3 is 29.7 Å². The van der Waals surface area contributed by atoms with Crippen molar-refractivity contribution in [1.82, 2.24) is 10.2 Å². The Bertz CT molecular complexity index is 1350. The molecule has 9 nitrogen and oxygen atoms in total. The van der Waals surface area contributed by atoms with E-state index in [4.69, 9.17) is 14.2 Å². The zero-order valence-corrected chi connectivity index (χ0v) is 23.1. The molecule has 1 unspecified atom stereocenters. The summed E-state index contributed by atoms with van der Waals surface area (Å²) in [5.74, 6) is -0.308. The lowest BCUT2D eigenvalue weighted by Crippen LogP contribution is -2.41. The molecule has 9 heteroatoms. The molecule has 3 aromatic rings. The number of hydrogen-bond donors (Lipinski definition) is 2. The van der Waals surface area contributed by atoms with Gasteiger partial charge >= 0.3 is 18.2 Å². The van der Waals surface area contributed by atoms with Crippen LogP contribution >= 0.6 is 0 Å². The largest absolute Gasteiger partial charge is 0.465 e. The second-order valence-corrected chi connectivity index (χ2v) is 10.3. The van der Waals surface area contributed by atoms with Gasteiger partial charge in [-0.1, -0.05) is 60.7 Å². The van der Waals surface area contributed by atoms with Gasteiger partial charge in [-0.15, -0.1) is 0 Å². The lowest BCUT2D eigenvalue weighted by molar-refractivity contribution is 0.0600. The molecule has 0 spiro atoms. The highest BCUT2D eigenvalue weighted by molar-refractivity contribution is 5.90. The fraction of sp³-hybridized carbons (Fsp3) is 0.344. The normalized spacial score (nSPS) is 18.9. The first-order chi connectivity index (χ1) is 20.0. The zero-order valence-electron chi connectivity index (χ0n) is 23.1. The summed E-state index contributed by atoms with van der Waals surface area (Å²) < 4.78 is 16.0. The van der Waals surface area contributed by atoms with Crippen molar-refractivity contribution in [2.24, 2.45) is 5.92 Å². The van der Waals surface area contributed by atoms with E-state index in [0.717, 1.165) is 41.6 Å². The molecule has 2 aliphatic rings. The molecule has 1 saturated heterocycles. The van der Waals surface area contributed by atoms with Crippen molar-refractivity contribution < 1.29 is 28.6 Å². The van der Waals surface area contributed by atoms with Gasteiger partial charge in [0.05, 0.1) is 18.7 Å². The zero-order chi connectivity index (χ0) is 28.6. The van der Waals surface area contributed by atoms with Crippen molar-refractivity contribution in [3.63, 3.8) is 0 Å². The van der Waals surface area contributed by atoms with Gasteiger partial charge in [-0.3, -0.25) is 0 Å². The molecule has 41 heavy (non-hydrogen) atoms. The van der Waals surface area contributed by atoms with Crippen molar-refractivity contribution >= 4 is 23.8 Å². The molecule has 3 aromatic carbocycles. The first kappa shape index (κ1) is 28.0. The number of nitrogens with one attached hydrogen (secondary N) is 2. The molecule has 5 rings (SSSR count). The molecular formula is C32H35N3O6. The molecule has 0 aromatic heterocycles. The third-order valence-corrected chi connectivity index (χ3v) is 7.71. The second-order valence-electron chi connectivity index (χ2n) is 10.3. The minimum atomic E-state index is -0.447. The van der Waals surface area contributed by atoms with Crippen LogP contribution in [0.4, 0.5) is 15.3 Å². The van der Waals surface area contributed by atoms with Crippen LogP contribution < -0.4 is 10.6 Å². The summed E-state index contributed by atoms with van der Waals surface area (Å²) in [5.41, 5.74) is 4.05. The molecule has 1 fully saturated rings. The maximum atomic E-state index is 13.3. The van der Waals surface area contributed by atoms with Crippen LogP contribution in [-0.4, -0.2) is 49.3 Å². The number of ether oxygens (including phenoxy) is 3. The fourth-order valence-corrected chi connectivity index (χ4v) is 5.71. The van der Waals surface area contributed by atoms with Crippen molar-refractivity contribution in [3.8, 4) is 0 Å². The van der Waals surface area contributed by atoms with Crippen molar-refractivity contribution in [2.45, 2.75) is 44.6 Å². The SMILES string of the molecule is COC(=O)c1ccc2c(c1)C1[C@@H](CCN1C(=O)OCc1ccccc1)[C@H](CCCNC(=O)OCc1ccccc1)N2. The van der Waals surface area contributed by atoms with E-state index in [-0.39, 0.29) is 37.3 Å². The van der Waals surface area contributed by atoms with E-state index < -0.39 is 12.1 Å². The fourth-order valence-electron chi connectivity index (χ4n) is 5.71. The molecule has 0 radical (unpaired) electrons. The van der Waals surface area contributed by atoms with Crippen molar-refractivity contribution in [3.05, 3.63) is 101 Å². The van der Waals surface area contributed by atoms with Crippen molar-refractivity contribution in [1.29, 1.82) is 0 Å². The van der Waals surface area contributed by atoms with Crippen LogP contribution in [0.15, 0.2) is 78.9 Å². The summed E-state index contributed by atoms with van der Waals surface area (Å²) in [6.45, 7) is 1.44. The van der Waals surface area contributed by atoms with Crippen LogP contribution in [0.25, 0.3) is 0 Å². The van der Waals surface area contributed by atoms with Crippen molar-refractivity contribution in [2.75, 3.05) is 25.5 Å². The summed E-state index contributed by atoms with van der Waals surface area (Å²) in [6, 6.07) is 24.4. The molecule has 2 amide bonds. The minimum absolute atomic E-state index is 0.0746. The summed E-state index contributed by atoms with van der Waals surface area (Å²) in [7, 11) is 1.35. The maximum absolute atomic E-state index is 13.3. The first-order valence-electron chi connectivity index (χ1n) is 13.9. The number of anilines is 1.